The number of fused-ring (bicyclic) bond motifs is 1. The third-order valence-corrected chi connectivity index (χ3v) is 4.23. The zero-order chi connectivity index (χ0) is 16.4. The van der Waals surface area contributed by atoms with Gasteiger partial charge in [0.25, 0.3) is 0 Å². The van der Waals surface area contributed by atoms with Crippen LogP contribution in [0, 0.1) is 11.3 Å². The second-order valence-electron chi connectivity index (χ2n) is 6.59. The number of hydrogen-bond donors (Lipinski definition) is 3. The molecule has 0 aromatic carbocycles. The van der Waals surface area contributed by atoms with Crippen LogP contribution in [0.2, 0.25) is 0 Å². The minimum Gasteiger partial charge on any atom is -0.368 e. The Morgan fingerprint density at radius 1 is 1.35 bits per heavy atom. The number of nitrogens with zero attached hydrogens (tertiary/aromatic N) is 4. The zero-order valence-electron chi connectivity index (χ0n) is 13.7. The Morgan fingerprint density at radius 2 is 2.09 bits per heavy atom. The van der Waals surface area contributed by atoms with E-state index in [0.29, 0.717) is 23.3 Å². The summed E-state index contributed by atoms with van der Waals surface area (Å²) in [5, 5.41) is 20.4. The molecule has 122 valence electrons. The number of aromatic nitrogens is 3. The lowest BCUT2D eigenvalue weighted by molar-refractivity contribution is -0.425. The molecule has 1 fully saturated rings. The van der Waals surface area contributed by atoms with Crippen molar-refractivity contribution >= 4 is 17.3 Å². The summed E-state index contributed by atoms with van der Waals surface area (Å²) in [6.07, 6.45) is 6.07. The number of nitriles is 1. The molecule has 0 radical (unpaired) electrons. The Labute approximate surface area is 135 Å². The van der Waals surface area contributed by atoms with Crippen molar-refractivity contribution in [3.63, 3.8) is 0 Å². The van der Waals surface area contributed by atoms with Crippen LogP contribution in [0.4, 0.5) is 11.6 Å². The Morgan fingerprint density at radius 3 is 2.74 bits per heavy atom. The standard InChI is InChI=1S/C16H23N7/c1-10(2)20-15-7-14(21-13-5-3-12(18)4-6-13)22-16-11(8-17)9-19-23(15)16/h7,9-10,12-13,20H,3-6,18H2,1-2H3,(H,21,22)/p+1. The Kier molecular flexibility index (Phi) is 4.35. The first-order valence-corrected chi connectivity index (χ1v) is 8.22. The third-order valence-electron chi connectivity index (χ3n) is 4.23. The van der Waals surface area contributed by atoms with Crippen molar-refractivity contribution < 1.29 is 5.73 Å². The molecule has 0 saturated heterocycles. The van der Waals surface area contributed by atoms with E-state index in [9.17, 15) is 5.26 Å². The molecule has 0 amide bonds. The number of anilines is 2. The summed E-state index contributed by atoms with van der Waals surface area (Å²) in [7, 11) is 0. The van der Waals surface area contributed by atoms with Crippen molar-refractivity contribution in [1.29, 1.82) is 5.26 Å². The van der Waals surface area contributed by atoms with Gasteiger partial charge in [0.2, 0.25) is 0 Å². The van der Waals surface area contributed by atoms with E-state index in [4.69, 9.17) is 0 Å². The van der Waals surface area contributed by atoms with Crippen LogP contribution in [0.1, 0.15) is 45.1 Å². The molecule has 2 heterocycles. The van der Waals surface area contributed by atoms with Crippen molar-refractivity contribution in [2.45, 2.75) is 57.7 Å². The van der Waals surface area contributed by atoms with Crippen LogP contribution in [-0.4, -0.2) is 32.7 Å². The SMILES string of the molecule is CC(C)Nc1cc(NC2CCC([NH3+])CC2)nc2c(C#N)cnn12. The van der Waals surface area contributed by atoms with Gasteiger partial charge in [0.1, 0.15) is 23.3 Å². The zero-order valence-corrected chi connectivity index (χ0v) is 13.7. The maximum Gasteiger partial charge on any atom is 0.177 e. The van der Waals surface area contributed by atoms with Crippen molar-refractivity contribution in [2.24, 2.45) is 0 Å². The van der Waals surface area contributed by atoms with Crippen molar-refractivity contribution in [2.75, 3.05) is 10.6 Å². The lowest BCUT2D eigenvalue weighted by Gasteiger charge is -2.26. The average molecular weight is 314 g/mol. The van der Waals surface area contributed by atoms with Gasteiger partial charge in [-0.2, -0.15) is 14.9 Å². The molecule has 1 saturated carbocycles. The van der Waals surface area contributed by atoms with Crippen LogP contribution >= 0.6 is 0 Å². The molecule has 23 heavy (non-hydrogen) atoms. The second-order valence-corrected chi connectivity index (χ2v) is 6.59. The lowest BCUT2D eigenvalue weighted by Crippen LogP contribution is -2.62. The molecular formula is C16H24N7+. The predicted molar refractivity (Wildman–Crippen MR) is 89.0 cm³/mol. The molecule has 5 N–H and O–H groups in total. The average Bonchev–Trinajstić information content (AvgIpc) is 2.92. The quantitative estimate of drug-likeness (QED) is 0.790. The van der Waals surface area contributed by atoms with Crippen LogP contribution in [0.15, 0.2) is 12.3 Å². The molecule has 0 spiro atoms. The van der Waals surface area contributed by atoms with E-state index >= 15 is 0 Å². The Hall–Kier alpha value is -2.33. The highest BCUT2D eigenvalue weighted by Crippen LogP contribution is 2.23. The van der Waals surface area contributed by atoms with E-state index in [0.717, 1.165) is 37.3 Å². The van der Waals surface area contributed by atoms with Crippen LogP contribution in [0.3, 0.4) is 0 Å². The van der Waals surface area contributed by atoms with Crippen molar-refractivity contribution in [3.05, 3.63) is 17.8 Å². The number of quaternary nitrogens is 1. The van der Waals surface area contributed by atoms with Crippen LogP contribution in [-0.2, 0) is 0 Å². The highest BCUT2D eigenvalue weighted by Gasteiger charge is 2.21. The number of nitrogens with one attached hydrogen (secondary N) is 2. The minimum atomic E-state index is 0.268. The minimum absolute atomic E-state index is 0.268. The molecule has 3 rings (SSSR count). The largest absolute Gasteiger partial charge is 0.368 e. The van der Waals surface area contributed by atoms with Gasteiger partial charge in [0.05, 0.1) is 12.2 Å². The van der Waals surface area contributed by atoms with Gasteiger partial charge >= 0.3 is 0 Å². The molecule has 2 aromatic heterocycles. The topological polar surface area (TPSA) is 106 Å². The normalized spacial score (nSPS) is 21.3. The van der Waals surface area contributed by atoms with Crippen LogP contribution in [0.5, 0.6) is 0 Å². The monoisotopic (exact) mass is 314 g/mol. The molecule has 0 bridgehead atoms. The molecule has 0 aliphatic heterocycles. The van der Waals surface area contributed by atoms with Gasteiger partial charge in [0.15, 0.2) is 5.65 Å². The summed E-state index contributed by atoms with van der Waals surface area (Å²) in [6.45, 7) is 4.15. The molecule has 1 aliphatic carbocycles. The van der Waals surface area contributed by atoms with Crippen LogP contribution < -0.4 is 16.4 Å². The number of hydrogen-bond acceptors (Lipinski definition) is 5. The fraction of sp³-hybridized carbons (Fsp3) is 0.562. The molecule has 7 nitrogen and oxygen atoms in total. The first kappa shape index (κ1) is 15.6. The van der Waals surface area contributed by atoms with E-state index < -0.39 is 0 Å². The molecule has 0 atom stereocenters. The van der Waals surface area contributed by atoms with Gasteiger partial charge in [-0.3, -0.25) is 0 Å². The summed E-state index contributed by atoms with van der Waals surface area (Å²) in [5.41, 5.74) is 5.22. The summed E-state index contributed by atoms with van der Waals surface area (Å²) >= 11 is 0. The maximum absolute atomic E-state index is 9.25. The van der Waals surface area contributed by atoms with Gasteiger partial charge in [-0.15, -0.1) is 0 Å². The maximum atomic E-state index is 9.25. The van der Waals surface area contributed by atoms with Gasteiger partial charge in [-0.05, 0) is 26.7 Å². The first-order valence-electron chi connectivity index (χ1n) is 8.22. The third kappa shape index (κ3) is 3.37. The summed E-state index contributed by atoms with van der Waals surface area (Å²) in [4.78, 5) is 4.60. The van der Waals surface area contributed by atoms with Gasteiger partial charge in [-0.1, -0.05) is 0 Å². The highest BCUT2D eigenvalue weighted by atomic mass is 15.3. The summed E-state index contributed by atoms with van der Waals surface area (Å²) < 4.78 is 1.69. The smallest absolute Gasteiger partial charge is 0.177 e. The van der Waals surface area contributed by atoms with E-state index in [1.54, 1.807) is 10.7 Å². The second kappa shape index (κ2) is 6.42. The Bertz CT molecular complexity index is 720. The van der Waals surface area contributed by atoms with Gasteiger partial charge in [0, 0.05) is 31.0 Å². The van der Waals surface area contributed by atoms with E-state index in [1.807, 2.05) is 6.07 Å². The summed E-state index contributed by atoms with van der Waals surface area (Å²) in [5.74, 6) is 1.64. The molecule has 7 heteroatoms. The first-order chi connectivity index (χ1) is 11.1. The van der Waals surface area contributed by atoms with Crippen molar-refractivity contribution in [3.8, 4) is 6.07 Å². The predicted octanol–water partition coefficient (Wildman–Crippen LogP) is 1.39. The van der Waals surface area contributed by atoms with Crippen LogP contribution in [0.25, 0.3) is 5.65 Å². The molecular weight excluding hydrogens is 290 g/mol. The lowest BCUT2D eigenvalue weighted by atomic mass is 9.92. The fourth-order valence-electron chi connectivity index (χ4n) is 3.03. The molecule has 1 aliphatic rings. The number of rotatable bonds is 4. The van der Waals surface area contributed by atoms with E-state index in [-0.39, 0.29) is 6.04 Å². The molecule has 2 aromatic rings. The highest BCUT2D eigenvalue weighted by molar-refractivity contribution is 5.63. The van der Waals surface area contributed by atoms with Crippen molar-refractivity contribution in [1.82, 2.24) is 14.6 Å². The molecule has 0 unspecified atom stereocenters. The van der Waals surface area contributed by atoms with Gasteiger partial charge in [-0.25, -0.2) is 4.98 Å². The fourth-order valence-corrected chi connectivity index (χ4v) is 3.03. The van der Waals surface area contributed by atoms with Gasteiger partial charge < -0.3 is 16.4 Å². The summed E-state index contributed by atoms with van der Waals surface area (Å²) in [6, 6.07) is 5.39. The van der Waals surface area contributed by atoms with E-state index in [2.05, 4.69) is 46.4 Å². The Balaban J connectivity index is 1.91. The van der Waals surface area contributed by atoms with E-state index in [1.165, 1.54) is 0 Å².